The third-order valence-electron chi connectivity index (χ3n) is 1.83. The van der Waals surface area contributed by atoms with Crippen molar-refractivity contribution in [3.8, 4) is 0 Å². The first-order valence-electron chi connectivity index (χ1n) is 3.93. The van der Waals surface area contributed by atoms with Crippen molar-refractivity contribution in [3.05, 3.63) is 0 Å². The number of rotatable bonds is 1. The largest absolute Gasteiger partial charge is 0.157 e. The Morgan fingerprint density at radius 3 is 2.30 bits per heavy atom. The summed E-state index contributed by atoms with van der Waals surface area (Å²) in [6.45, 7) is 6.98. The van der Waals surface area contributed by atoms with Gasteiger partial charge in [-0.05, 0) is 5.92 Å². The quantitative estimate of drug-likeness (QED) is 0.602. The molecule has 2 unspecified atom stereocenters. The van der Waals surface area contributed by atoms with E-state index in [4.69, 9.17) is 0 Å². The standard InChI is InChI=1S/C8H16S2/c1-6(2)8-5-9-7(3)4-10-8/h6-8H,4-5H2,1-3H3. The maximum atomic E-state index is 2.33. The zero-order valence-electron chi connectivity index (χ0n) is 6.96. The molecular formula is C8H16S2. The molecule has 0 amide bonds. The van der Waals surface area contributed by atoms with Crippen LogP contribution in [0.15, 0.2) is 0 Å². The fourth-order valence-corrected chi connectivity index (χ4v) is 4.05. The summed E-state index contributed by atoms with van der Waals surface area (Å²) in [5.74, 6) is 3.58. The summed E-state index contributed by atoms with van der Waals surface area (Å²) >= 11 is 4.29. The van der Waals surface area contributed by atoms with Crippen LogP contribution in [0, 0.1) is 5.92 Å². The first-order valence-corrected chi connectivity index (χ1v) is 6.03. The lowest BCUT2D eigenvalue weighted by atomic mass is 10.1. The summed E-state index contributed by atoms with van der Waals surface area (Å²) in [7, 11) is 0. The van der Waals surface area contributed by atoms with Gasteiger partial charge in [0.05, 0.1) is 0 Å². The van der Waals surface area contributed by atoms with Crippen LogP contribution >= 0.6 is 23.5 Å². The van der Waals surface area contributed by atoms with Crippen molar-refractivity contribution in [2.45, 2.75) is 31.3 Å². The molecule has 1 fully saturated rings. The average molecular weight is 176 g/mol. The molecule has 1 rings (SSSR count). The molecule has 0 spiro atoms. The molecule has 0 bridgehead atoms. The number of hydrogen-bond donors (Lipinski definition) is 0. The van der Waals surface area contributed by atoms with Crippen molar-refractivity contribution >= 4 is 23.5 Å². The van der Waals surface area contributed by atoms with Crippen molar-refractivity contribution in [3.63, 3.8) is 0 Å². The van der Waals surface area contributed by atoms with Gasteiger partial charge < -0.3 is 0 Å². The molecule has 0 N–H and O–H groups in total. The molecule has 2 heteroatoms. The monoisotopic (exact) mass is 176 g/mol. The summed E-state index contributed by atoms with van der Waals surface area (Å²) in [6, 6.07) is 0. The van der Waals surface area contributed by atoms with Crippen LogP contribution in [-0.2, 0) is 0 Å². The Kier molecular flexibility index (Phi) is 3.44. The molecule has 0 saturated carbocycles. The second-order valence-corrected chi connectivity index (χ2v) is 6.00. The first-order chi connectivity index (χ1) is 4.70. The molecule has 1 heterocycles. The molecule has 0 aromatic heterocycles. The van der Waals surface area contributed by atoms with Crippen molar-refractivity contribution in [2.75, 3.05) is 11.5 Å². The highest BCUT2D eigenvalue weighted by Crippen LogP contribution is 2.33. The Morgan fingerprint density at radius 2 is 1.90 bits per heavy atom. The fourth-order valence-electron chi connectivity index (χ4n) is 0.999. The van der Waals surface area contributed by atoms with Gasteiger partial charge in [-0.15, -0.1) is 0 Å². The Balaban J connectivity index is 2.26. The van der Waals surface area contributed by atoms with Crippen molar-refractivity contribution in [1.82, 2.24) is 0 Å². The summed E-state index contributed by atoms with van der Waals surface area (Å²) in [4.78, 5) is 0. The first kappa shape index (κ1) is 8.79. The van der Waals surface area contributed by atoms with Gasteiger partial charge in [-0.25, -0.2) is 0 Å². The Morgan fingerprint density at radius 1 is 1.20 bits per heavy atom. The number of hydrogen-bond acceptors (Lipinski definition) is 2. The third-order valence-corrected chi connectivity index (χ3v) is 5.37. The third kappa shape index (κ3) is 2.39. The highest BCUT2D eigenvalue weighted by molar-refractivity contribution is 8.07. The van der Waals surface area contributed by atoms with Crippen LogP contribution in [0.2, 0.25) is 0 Å². The van der Waals surface area contributed by atoms with E-state index in [0.717, 1.165) is 16.4 Å². The highest BCUT2D eigenvalue weighted by atomic mass is 32.2. The van der Waals surface area contributed by atoms with Crippen LogP contribution in [-0.4, -0.2) is 22.0 Å². The summed E-state index contributed by atoms with van der Waals surface area (Å²) in [5.41, 5.74) is 0. The molecule has 10 heavy (non-hydrogen) atoms. The van der Waals surface area contributed by atoms with Gasteiger partial charge in [0.1, 0.15) is 0 Å². The van der Waals surface area contributed by atoms with Gasteiger partial charge in [-0.2, -0.15) is 23.5 Å². The van der Waals surface area contributed by atoms with Crippen molar-refractivity contribution < 1.29 is 0 Å². The number of thioether (sulfide) groups is 2. The van der Waals surface area contributed by atoms with Crippen molar-refractivity contribution in [2.24, 2.45) is 5.92 Å². The Hall–Kier alpha value is 0.700. The zero-order valence-corrected chi connectivity index (χ0v) is 8.60. The van der Waals surface area contributed by atoms with Gasteiger partial charge in [0, 0.05) is 22.0 Å². The lowest BCUT2D eigenvalue weighted by Crippen LogP contribution is -2.23. The Labute approximate surface area is 72.5 Å². The minimum atomic E-state index is 0.866. The molecule has 2 atom stereocenters. The van der Waals surface area contributed by atoms with E-state index in [-0.39, 0.29) is 0 Å². The molecule has 0 aliphatic carbocycles. The molecule has 60 valence electrons. The molecule has 0 aromatic rings. The average Bonchev–Trinajstić information content (AvgIpc) is 1.88. The minimum Gasteiger partial charge on any atom is -0.157 e. The lowest BCUT2D eigenvalue weighted by Gasteiger charge is -2.27. The van der Waals surface area contributed by atoms with Crippen LogP contribution in [0.4, 0.5) is 0 Å². The minimum absolute atomic E-state index is 0.866. The van der Waals surface area contributed by atoms with E-state index in [9.17, 15) is 0 Å². The maximum Gasteiger partial charge on any atom is 0.0161 e. The highest BCUT2D eigenvalue weighted by Gasteiger charge is 2.21. The van der Waals surface area contributed by atoms with Gasteiger partial charge >= 0.3 is 0 Å². The van der Waals surface area contributed by atoms with Gasteiger partial charge in [-0.1, -0.05) is 20.8 Å². The van der Waals surface area contributed by atoms with Crippen LogP contribution in [0.25, 0.3) is 0 Å². The smallest absolute Gasteiger partial charge is 0.0161 e. The van der Waals surface area contributed by atoms with Crippen molar-refractivity contribution in [1.29, 1.82) is 0 Å². The topological polar surface area (TPSA) is 0 Å². The van der Waals surface area contributed by atoms with Gasteiger partial charge in [0.2, 0.25) is 0 Å². The maximum absolute atomic E-state index is 2.33. The molecule has 1 aliphatic heterocycles. The predicted molar refractivity (Wildman–Crippen MR) is 53.0 cm³/mol. The van der Waals surface area contributed by atoms with Crippen LogP contribution in [0.1, 0.15) is 20.8 Å². The second kappa shape index (κ2) is 3.91. The summed E-state index contributed by atoms with van der Waals surface area (Å²) < 4.78 is 0. The normalized spacial score (nSPS) is 34.8. The summed E-state index contributed by atoms with van der Waals surface area (Å²) in [6.07, 6.45) is 0. The second-order valence-electron chi connectivity index (χ2n) is 3.26. The Bertz CT molecular complexity index is 93.4. The predicted octanol–water partition coefficient (Wildman–Crippen LogP) is 2.88. The van der Waals surface area contributed by atoms with E-state index < -0.39 is 0 Å². The SMILES string of the molecule is CC1CSC(C(C)C)CS1. The van der Waals surface area contributed by atoms with E-state index in [2.05, 4.69) is 44.3 Å². The summed E-state index contributed by atoms with van der Waals surface area (Å²) in [5, 5.41) is 1.81. The molecular weight excluding hydrogens is 160 g/mol. The fraction of sp³-hybridized carbons (Fsp3) is 1.00. The van der Waals surface area contributed by atoms with E-state index in [0.29, 0.717) is 0 Å². The van der Waals surface area contributed by atoms with Crippen LogP contribution < -0.4 is 0 Å². The van der Waals surface area contributed by atoms with Crippen LogP contribution in [0.5, 0.6) is 0 Å². The van der Waals surface area contributed by atoms with E-state index in [1.54, 1.807) is 0 Å². The molecule has 1 aliphatic rings. The van der Waals surface area contributed by atoms with Gasteiger partial charge in [-0.3, -0.25) is 0 Å². The van der Waals surface area contributed by atoms with Gasteiger partial charge in [0.25, 0.3) is 0 Å². The molecule has 1 saturated heterocycles. The van der Waals surface area contributed by atoms with E-state index in [1.807, 2.05) is 0 Å². The van der Waals surface area contributed by atoms with E-state index >= 15 is 0 Å². The van der Waals surface area contributed by atoms with Gasteiger partial charge in [0.15, 0.2) is 0 Å². The lowest BCUT2D eigenvalue weighted by molar-refractivity contribution is 0.644. The molecule has 0 radical (unpaired) electrons. The zero-order chi connectivity index (χ0) is 7.56. The molecule has 0 aromatic carbocycles. The van der Waals surface area contributed by atoms with Crippen LogP contribution in [0.3, 0.4) is 0 Å². The van der Waals surface area contributed by atoms with E-state index in [1.165, 1.54) is 11.5 Å². The molecule has 0 nitrogen and oxygen atoms in total.